The summed E-state index contributed by atoms with van der Waals surface area (Å²) in [5, 5.41) is 3.57. The molecule has 0 aliphatic rings. The number of nitrogens with one attached hydrogen (secondary N) is 1. The summed E-state index contributed by atoms with van der Waals surface area (Å²) in [6, 6.07) is 17.3. The largest absolute Gasteiger partial charge is 0.384 e. The fourth-order valence-corrected chi connectivity index (χ4v) is 3.09. The quantitative estimate of drug-likeness (QED) is 0.486. The molecule has 28 heavy (non-hydrogen) atoms. The highest BCUT2D eigenvalue weighted by Gasteiger charge is 2.05. The van der Waals surface area contributed by atoms with Crippen molar-refractivity contribution in [3.63, 3.8) is 0 Å². The van der Waals surface area contributed by atoms with Gasteiger partial charge in [-0.2, -0.15) is 0 Å². The molecule has 2 aromatic rings. The van der Waals surface area contributed by atoms with Crippen molar-refractivity contribution in [2.24, 2.45) is 0 Å². The molecule has 2 rings (SSSR count). The van der Waals surface area contributed by atoms with E-state index in [0.717, 1.165) is 18.7 Å². The molecule has 0 fully saturated rings. The third-order valence-electron chi connectivity index (χ3n) is 5.10. The van der Waals surface area contributed by atoms with E-state index < -0.39 is 0 Å². The predicted molar refractivity (Wildman–Crippen MR) is 124 cm³/mol. The van der Waals surface area contributed by atoms with Gasteiger partial charge in [0.15, 0.2) is 0 Å². The van der Waals surface area contributed by atoms with E-state index >= 15 is 0 Å². The molecule has 1 nitrogen and oxygen atoms in total. The van der Waals surface area contributed by atoms with Crippen LogP contribution < -0.4 is 5.32 Å². The minimum atomic E-state index is 0.831. The molecule has 146 valence electrons. The highest BCUT2D eigenvalue weighted by Crippen LogP contribution is 2.24. The number of hydrogen-bond acceptors (Lipinski definition) is 1. The molecule has 2 aromatic carbocycles. The topological polar surface area (TPSA) is 12.0 Å². The van der Waals surface area contributed by atoms with Crippen LogP contribution in [0.1, 0.15) is 49.9 Å². The van der Waals surface area contributed by atoms with Gasteiger partial charge in [0.05, 0.1) is 0 Å². The van der Waals surface area contributed by atoms with Crippen molar-refractivity contribution in [1.82, 2.24) is 5.32 Å². The molecular weight excluding hydrogens is 338 g/mol. The van der Waals surface area contributed by atoms with Gasteiger partial charge in [-0.1, -0.05) is 74.2 Å². The van der Waals surface area contributed by atoms with E-state index in [2.05, 4.69) is 107 Å². The molecule has 0 aliphatic carbocycles. The summed E-state index contributed by atoms with van der Waals surface area (Å²) in [5.41, 5.74) is 10.0. The van der Waals surface area contributed by atoms with E-state index in [1.807, 2.05) is 6.08 Å². The second-order valence-corrected chi connectivity index (χ2v) is 7.34. The smallest absolute Gasteiger partial charge is 0.0397 e. The second kappa shape index (κ2) is 10.5. The van der Waals surface area contributed by atoms with E-state index in [0.29, 0.717) is 0 Å². The number of benzene rings is 2. The fraction of sp³-hybridized carbons (Fsp3) is 0.259. The van der Waals surface area contributed by atoms with Crippen molar-refractivity contribution in [3.05, 3.63) is 112 Å². The maximum atomic E-state index is 3.90. The molecule has 1 N–H and O–H groups in total. The normalized spacial score (nSPS) is 13.2. The summed E-state index contributed by atoms with van der Waals surface area (Å²) in [4.78, 5) is 0. The number of allylic oxidation sites excluding steroid dienone is 7. The van der Waals surface area contributed by atoms with Crippen LogP contribution in [0.3, 0.4) is 0 Å². The van der Waals surface area contributed by atoms with Crippen molar-refractivity contribution >= 4 is 5.57 Å². The zero-order valence-electron chi connectivity index (χ0n) is 18.0. The molecular formula is C27H33N. The lowest BCUT2D eigenvalue weighted by atomic mass is 9.96. The Morgan fingerprint density at radius 3 is 2.32 bits per heavy atom. The van der Waals surface area contributed by atoms with E-state index in [4.69, 9.17) is 0 Å². The molecule has 0 aliphatic heterocycles. The van der Waals surface area contributed by atoms with Crippen LogP contribution >= 0.6 is 0 Å². The minimum absolute atomic E-state index is 0.831. The summed E-state index contributed by atoms with van der Waals surface area (Å²) < 4.78 is 0. The van der Waals surface area contributed by atoms with Crippen LogP contribution in [0.25, 0.3) is 5.57 Å². The Balaban J connectivity index is 2.31. The van der Waals surface area contributed by atoms with Crippen LogP contribution in [0.5, 0.6) is 0 Å². The van der Waals surface area contributed by atoms with Crippen LogP contribution in [0.2, 0.25) is 0 Å². The Morgan fingerprint density at radius 2 is 1.64 bits per heavy atom. The van der Waals surface area contributed by atoms with Crippen LogP contribution in [0.15, 0.2) is 90.2 Å². The van der Waals surface area contributed by atoms with Gasteiger partial charge < -0.3 is 5.32 Å². The molecule has 0 amide bonds. The third-order valence-corrected chi connectivity index (χ3v) is 5.10. The van der Waals surface area contributed by atoms with Gasteiger partial charge in [0.25, 0.3) is 0 Å². The molecule has 1 heteroatoms. The van der Waals surface area contributed by atoms with Gasteiger partial charge in [-0.3, -0.25) is 0 Å². The van der Waals surface area contributed by atoms with Gasteiger partial charge in [-0.25, -0.2) is 0 Å². The van der Waals surface area contributed by atoms with Crippen molar-refractivity contribution in [1.29, 1.82) is 0 Å². The summed E-state index contributed by atoms with van der Waals surface area (Å²) in [6.45, 7) is 15.5. The second-order valence-electron chi connectivity index (χ2n) is 7.34. The van der Waals surface area contributed by atoms with E-state index in [-0.39, 0.29) is 0 Å². The van der Waals surface area contributed by atoms with Gasteiger partial charge in [-0.15, -0.1) is 0 Å². The standard InChI is InChI=1S/C27H33N/c1-7-20(3)22(5)16-26(27-15-10-9-12-21(27)4)17-23(6)28-19-25-14-11-13-24(8-2)18-25/h7,9-18,28H,1,8,19H2,2-6H3/b22-20+,23-17+,26-16+. The summed E-state index contributed by atoms with van der Waals surface area (Å²) >= 11 is 0. The number of hydrogen-bond donors (Lipinski definition) is 1. The van der Waals surface area contributed by atoms with Crippen LogP contribution in [-0.2, 0) is 13.0 Å². The number of rotatable bonds is 8. The summed E-state index contributed by atoms with van der Waals surface area (Å²) in [6.07, 6.45) is 7.47. The molecule has 0 heterocycles. The van der Waals surface area contributed by atoms with Crippen LogP contribution in [0, 0.1) is 6.92 Å². The average Bonchev–Trinajstić information content (AvgIpc) is 2.71. The summed E-state index contributed by atoms with van der Waals surface area (Å²) in [5.74, 6) is 0. The lowest BCUT2D eigenvalue weighted by Crippen LogP contribution is -2.11. The summed E-state index contributed by atoms with van der Waals surface area (Å²) in [7, 11) is 0. The van der Waals surface area contributed by atoms with E-state index in [1.165, 1.54) is 39.0 Å². The first-order chi connectivity index (χ1) is 13.4. The van der Waals surface area contributed by atoms with Crippen molar-refractivity contribution < 1.29 is 0 Å². The molecule has 0 aromatic heterocycles. The fourth-order valence-electron chi connectivity index (χ4n) is 3.09. The molecule has 0 bridgehead atoms. The lowest BCUT2D eigenvalue weighted by molar-refractivity contribution is 0.810. The maximum absolute atomic E-state index is 3.90. The number of aryl methyl sites for hydroxylation is 2. The Morgan fingerprint density at radius 1 is 0.929 bits per heavy atom. The first kappa shape index (κ1) is 21.5. The van der Waals surface area contributed by atoms with Gasteiger partial charge in [0.1, 0.15) is 0 Å². The molecule has 0 saturated heterocycles. The monoisotopic (exact) mass is 371 g/mol. The Bertz CT molecular complexity index is 909. The van der Waals surface area contributed by atoms with Gasteiger partial charge in [0.2, 0.25) is 0 Å². The van der Waals surface area contributed by atoms with Crippen molar-refractivity contribution in [2.45, 2.75) is 47.6 Å². The predicted octanol–water partition coefficient (Wildman–Crippen LogP) is 7.16. The third kappa shape index (κ3) is 6.13. The van der Waals surface area contributed by atoms with Crippen molar-refractivity contribution in [2.75, 3.05) is 0 Å². The Hall–Kier alpha value is -2.80. The molecule has 0 saturated carbocycles. The van der Waals surface area contributed by atoms with Gasteiger partial charge >= 0.3 is 0 Å². The van der Waals surface area contributed by atoms with Crippen LogP contribution in [0.4, 0.5) is 0 Å². The van der Waals surface area contributed by atoms with Gasteiger partial charge in [-0.05, 0) is 79.2 Å². The van der Waals surface area contributed by atoms with Crippen LogP contribution in [-0.4, -0.2) is 0 Å². The maximum Gasteiger partial charge on any atom is 0.0397 e. The molecule has 0 radical (unpaired) electrons. The zero-order valence-corrected chi connectivity index (χ0v) is 18.0. The molecule has 0 atom stereocenters. The highest BCUT2D eigenvalue weighted by molar-refractivity contribution is 5.78. The van der Waals surface area contributed by atoms with E-state index in [1.54, 1.807) is 0 Å². The van der Waals surface area contributed by atoms with Crippen molar-refractivity contribution in [3.8, 4) is 0 Å². The molecule has 0 spiro atoms. The SMILES string of the molecule is C=C/C(C)=C(C)/C=C(\C=C(/C)NCc1cccc(CC)c1)c1ccccc1C. The van der Waals surface area contributed by atoms with Gasteiger partial charge in [0, 0.05) is 12.2 Å². The Kier molecular flexibility index (Phi) is 8.07. The Labute approximate surface area is 171 Å². The average molecular weight is 372 g/mol. The van der Waals surface area contributed by atoms with E-state index in [9.17, 15) is 0 Å². The minimum Gasteiger partial charge on any atom is -0.384 e. The highest BCUT2D eigenvalue weighted by atomic mass is 14.9. The lowest BCUT2D eigenvalue weighted by Gasteiger charge is -2.12. The zero-order chi connectivity index (χ0) is 20.5. The first-order valence-electron chi connectivity index (χ1n) is 10.0. The molecule has 0 unspecified atom stereocenters. The first-order valence-corrected chi connectivity index (χ1v) is 10.0.